The van der Waals surface area contributed by atoms with Crippen molar-refractivity contribution < 1.29 is 4.74 Å². The molecule has 1 aromatic rings. The molecule has 0 aromatic heterocycles. The first-order valence-corrected chi connectivity index (χ1v) is 7.53. The summed E-state index contributed by atoms with van der Waals surface area (Å²) in [6, 6.07) is 8.38. The van der Waals surface area contributed by atoms with Gasteiger partial charge in [0.25, 0.3) is 0 Å². The van der Waals surface area contributed by atoms with Crippen molar-refractivity contribution in [1.29, 1.82) is 0 Å². The Kier molecular flexibility index (Phi) is 3.57. The van der Waals surface area contributed by atoms with Crippen LogP contribution in [0.4, 0.5) is 0 Å². The Hall–Kier alpha value is -0.670. The summed E-state index contributed by atoms with van der Waals surface area (Å²) in [5.74, 6) is 2.42. The third kappa shape index (κ3) is 2.78. The van der Waals surface area contributed by atoms with Crippen molar-refractivity contribution in [1.82, 2.24) is 5.32 Å². The van der Waals surface area contributed by atoms with Gasteiger partial charge in [-0.1, -0.05) is 18.2 Å². The van der Waals surface area contributed by atoms with E-state index in [2.05, 4.69) is 35.3 Å². The maximum atomic E-state index is 5.90. The summed E-state index contributed by atoms with van der Waals surface area (Å²) in [5.41, 5.74) is 1.36. The molecule has 2 atom stereocenters. The van der Waals surface area contributed by atoms with E-state index in [9.17, 15) is 0 Å². The topological polar surface area (TPSA) is 21.3 Å². The molecule has 3 rings (SSSR count). The zero-order valence-electron chi connectivity index (χ0n) is 10.0. The maximum absolute atomic E-state index is 5.90. The molecule has 0 amide bonds. The van der Waals surface area contributed by atoms with Gasteiger partial charge in [-0.15, -0.1) is 0 Å². The summed E-state index contributed by atoms with van der Waals surface area (Å²) < 4.78 is 5.90. The number of ether oxygens (including phenoxy) is 1. The van der Waals surface area contributed by atoms with Gasteiger partial charge in [0.1, 0.15) is 11.9 Å². The average molecular weight is 249 g/mol. The molecular weight excluding hydrogens is 230 g/mol. The molecule has 2 nitrogen and oxygen atoms in total. The lowest BCUT2D eigenvalue weighted by molar-refractivity contribution is 0.228. The highest BCUT2D eigenvalue weighted by Gasteiger charge is 2.22. The molecule has 17 heavy (non-hydrogen) atoms. The predicted octanol–water partition coefficient (Wildman–Crippen LogP) is 2.48. The van der Waals surface area contributed by atoms with Crippen LogP contribution in [0.15, 0.2) is 24.3 Å². The number of nitrogens with one attached hydrogen (secondary N) is 1. The molecule has 3 heteroatoms. The van der Waals surface area contributed by atoms with E-state index >= 15 is 0 Å². The summed E-state index contributed by atoms with van der Waals surface area (Å²) in [5, 5.41) is 4.39. The molecule has 2 aliphatic heterocycles. The second-order valence-electron chi connectivity index (χ2n) is 4.84. The Balaban J connectivity index is 1.43. The van der Waals surface area contributed by atoms with E-state index < -0.39 is 0 Å². The number of benzene rings is 1. The SMILES string of the molecule is c1ccc2c(c1)CC(CNCC1CCCS1)O2. The van der Waals surface area contributed by atoms with E-state index in [1.165, 1.54) is 24.2 Å². The minimum absolute atomic E-state index is 0.332. The number of rotatable bonds is 4. The van der Waals surface area contributed by atoms with E-state index in [-0.39, 0.29) is 0 Å². The van der Waals surface area contributed by atoms with Crippen molar-refractivity contribution >= 4 is 11.8 Å². The standard InChI is InChI=1S/C14H19NOS/c1-2-6-14-11(4-1)8-12(16-14)9-15-10-13-5-3-7-17-13/h1-2,4,6,12-13,15H,3,5,7-10H2. The van der Waals surface area contributed by atoms with Crippen LogP contribution < -0.4 is 10.1 Å². The van der Waals surface area contributed by atoms with Crippen molar-refractivity contribution in [2.75, 3.05) is 18.8 Å². The Morgan fingerprint density at radius 2 is 2.24 bits per heavy atom. The summed E-state index contributed by atoms with van der Waals surface area (Å²) in [6.07, 6.45) is 4.16. The molecular formula is C14H19NOS. The lowest BCUT2D eigenvalue weighted by Crippen LogP contribution is -2.33. The van der Waals surface area contributed by atoms with Crippen LogP contribution in [0.25, 0.3) is 0 Å². The van der Waals surface area contributed by atoms with Gasteiger partial charge in [0.05, 0.1) is 0 Å². The second kappa shape index (κ2) is 5.32. The molecule has 0 aliphatic carbocycles. The van der Waals surface area contributed by atoms with Crippen LogP contribution in [0, 0.1) is 0 Å². The van der Waals surface area contributed by atoms with Gasteiger partial charge in [0.15, 0.2) is 0 Å². The first-order valence-electron chi connectivity index (χ1n) is 6.49. The predicted molar refractivity (Wildman–Crippen MR) is 72.9 cm³/mol. The molecule has 1 N–H and O–H groups in total. The van der Waals surface area contributed by atoms with E-state index in [0.717, 1.165) is 30.5 Å². The number of para-hydroxylation sites is 1. The highest BCUT2D eigenvalue weighted by molar-refractivity contribution is 8.00. The van der Waals surface area contributed by atoms with Crippen molar-refractivity contribution in [2.45, 2.75) is 30.6 Å². The molecule has 1 saturated heterocycles. The second-order valence-corrected chi connectivity index (χ2v) is 6.25. The van der Waals surface area contributed by atoms with E-state index in [0.29, 0.717) is 6.10 Å². The van der Waals surface area contributed by atoms with Gasteiger partial charge in [-0.2, -0.15) is 11.8 Å². The Labute approximate surface area is 107 Å². The van der Waals surface area contributed by atoms with Gasteiger partial charge in [0.2, 0.25) is 0 Å². The molecule has 0 bridgehead atoms. The Bertz CT molecular complexity index is 351. The van der Waals surface area contributed by atoms with Crippen LogP contribution in [0.3, 0.4) is 0 Å². The normalized spacial score (nSPS) is 26.8. The largest absolute Gasteiger partial charge is 0.488 e. The van der Waals surface area contributed by atoms with Crippen LogP contribution in [0.2, 0.25) is 0 Å². The number of thioether (sulfide) groups is 1. The zero-order chi connectivity index (χ0) is 11.5. The minimum Gasteiger partial charge on any atom is -0.488 e. The zero-order valence-corrected chi connectivity index (χ0v) is 10.8. The lowest BCUT2D eigenvalue weighted by Gasteiger charge is -2.14. The van der Waals surface area contributed by atoms with Crippen LogP contribution in [-0.2, 0) is 6.42 Å². The minimum atomic E-state index is 0.332. The van der Waals surface area contributed by atoms with Gasteiger partial charge < -0.3 is 10.1 Å². The summed E-state index contributed by atoms with van der Waals surface area (Å²) in [7, 11) is 0. The quantitative estimate of drug-likeness (QED) is 0.886. The molecule has 2 unspecified atom stereocenters. The molecule has 0 radical (unpaired) electrons. The summed E-state index contributed by atoms with van der Waals surface area (Å²) in [6.45, 7) is 2.12. The third-order valence-corrected chi connectivity index (χ3v) is 4.88. The first-order chi connectivity index (χ1) is 8.42. The molecule has 1 aromatic carbocycles. The van der Waals surface area contributed by atoms with E-state index in [1.54, 1.807) is 0 Å². The average Bonchev–Trinajstić information content (AvgIpc) is 2.96. The van der Waals surface area contributed by atoms with Crippen molar-refractivity contribution in [3.8, 4) is 5.75 Å². The monoisotopic (exact) mass is 249 g/mol. The summed E-state index contributed by atoms with van der Waals surface area (Å²) in [4.78, 5) is 0. The Morgan fingerprint density at radius 1 is 1.29 bits per heavy atom. The van der Waals surface area contributed by atoms with Crippen molar-refractivity contribution in [2.24, 2.45) is 0 Å². The molecule has 2 heterocycles. The third-order valence-electron chi connectivity index (χ3n) is 3.48. The number of hydrogen-bond donors (Lipinski definition) is 1. The number of fused-ring (bicyclic) bond motifs is 1. The number of hydrogen-bond acceptors (Lipinski definition) is 3. The van der Waals surface area contributed by atoms with Crippen LogP contribution in [0.1, 0.15) is 18.4 Å². The fourth-order valence-corrected chi connectivity index (χ4v) is 3.81. The fraction of sp³-hybridized carbons (Fsp3) is 0.571. The smallest absolute Gasteiger partial charge is 0.123 e. The molecule has 1 fully saturated rings. The molecule has 0 saturated carbocycles. The van der Waals surface area contributed by atoms with Gasteiger partial charge in [-0.05, 0) is 30.2 Å². The van der Waals surface area contributed by atoms with Gasteiger partial charge in [-0.3, -0.25) is 0 Å². The van der Waals surface area contributed by atoms with Crippen LogP contribution in [-0.4, -0.2) is 30.2 Å². The highest BCUT2D eigenvalue weighted by atomic mass is 32.2. The van der Waals surface area contributed by atoms with E-state index in [4.69, 9.17) is 4.74 Å². The highest BCUT2D eigenvalue weighted by Crippen LogP contribution is 2.28. The lowest BCUT2D eigenvalue weighted by atomic mass is 10.1. The maximum Gasteiger partial charge on any atom is 0.123 e. The van der Waals surface area contributed by atoms with Gasteiger partial charge >= 0.3 is 0 Å². The molecule has 0 spiro atoms. The fourth-order valence-electron chi connectivity index (χ4n) is 2.58. The first kappa shape index (κ1) is 11.4. The Morgan fingerprint density at radius 3 is 3.06 bits per heavy atom. The van der Waals surface area contributed by atoms with Crippen LogP contribution in [0.5, 0.6) is 5.75 Å². The molecule has 2 aliphatic rings. The van der Waals surface area contributed by atoms with Crippen LogP contribution >= 0.6 is 11.8 Å². The summed E-state index contributed by atoms with van der Waals surface area (Å²) >= 11 is 2.11. The van der Waals surface area contributed by atoms with Crippen molar-refractivity contribution in [3.05, 3.63) is 29.8 Å². The van der Waals surface area contributed by atoms with Gasteiger partial charge in [0, 0.05) is 24.8 Å². The van der Waals surface area contributed by atoms with Gasteiger partial charge in [-0.25, -0.2) is 0 Å². The van der Waals surface area contributed by atoms with E-state index in [1.807, 2.05) is 6.07 Å². The molecule has 92 valence electrons. The van der Waals surface area contributed by atoms with Crippen molar-refractivity contribution in [3.63, 3.8) is 0 Å².